The van der Waals surface area contributed by atoms with Crippen LogP contribution in [0.2, 0.25) is 5.02 Å². The van der Waals surface area contributed by atoms with Crippen LogP contribution in [0.15, 0.2) is 53.4 Å². The van der Waals surface area contributed by atoms with Crippen LogP contribution in [-0.4, -0.2) is 6.26 Å². The van der Waals surface area contributed by atoms with Gasteiger partial charge in [-0.05, 0) is 55.1 Å². The highest BCUT2D eigenvalue weighted by atomic mass is 35.5. The molecular formula is C15H16ClNS. The van der Waals surface area contributed by atoms with E-state index in [0.717, 1.165) is 10.7 Å². The lowest BCUT2D eigenvalue weighted by molar-refractivity contribution is 0.884. The van der Waals surface area contributed by atoms with Crippen molar-refractivity contribution in [3.05, 3.63) is 59.1 Å². The van der Waals surface area contributed by atoms with E-state index in [1.165, 1.54) is 10.5 Å². The molecule has 1 nitrogen and oxygen atoms in total. The van der Waals surface area contributed by atoms with Crippen LogP contribution in [0.3, 0.4) is 0 Å². The number of nitrogens with one attached hydrogen (secondary N) is 1. The van der Waals surface area contributed by atoms with Crippen LogP contribution in [0.4, 0.5) is 5.69 Å². The third kappa shape index (κ3) is 3.44. The van der Waals surface area contributed by atoms with Crippen molar-refractivity contribution >= 4 is 29.1 Å². The average Bonchev–Trinajstić information content (AvgIpc) is 2.40. The first-order valence-corrected chi connectivity index (χ1v) is 7.45. The zero-order valence-electron chi connectivity index (χ0n) is 10.5. The first-order chi connectivity index (χ1) is 8.69. The Morgan fingerprint density at radius 3 is 2.17 bits per heavy atom. The third-order valence-corrected chi connectivity index (χ3v) is 3.84. The molecule has 2 aromatic rings. The predicted molar refractivity (Wildman–Crippen MR) is 81.7 cm³/mol. The van der Waals surface area contributed by atoms with E-state index in [9.17, 15) is 0 Å². The van der Waals surface area contributed by atoms with E-state index in [4.69, 9.17) is 11.6 Å². The molecule has 1 atom stereocenters. The number of rotatable bonds is 4. The smallest absolute Gasteiger partial charge is 0.0485 e. The Labute approximate surface area is 118 Å². The molecule has 0 aliphatic carbocycles. The van der Waals surface area contributed by atoms with Crippen molar-refractivity contribution in [3.63, 3.8) is 0 Å². The topological polar surface area (TPSA) is 12.0 Å². The number of anilines is 1. The van der Waals surface area contributed by atoms with Crippen LogP contribution >= 0.6 is 23.4 Å². The van der Waals surface area contributed by atoms with Crippen molar-refractivity contribution in [2.24, 2.45) is 0 Å². The highest BCUT2D eigenvalue weighted by Gasteiger charge is 2.04. The Morgan fingerprint density at radius 1 is 1.00 bits per heavy atom. The summed E-state index contributed by atoms with van der Waals surface area (Å²) in [5, 5.41) is 4.25. The van der Waals surface area contributed by atoms with Gasteiger partial charge in [0.2, 0.25) is 0 Å². The van der Waals surface area contributed by atoms with Crippen molar-refractivity contribution in [1.82, 2.24) is 0 Å². The van der Waals surface area contributed by atoms with E-state index in [0.29, 0.717) is 0 Å². The summed E-state index contributed by atoms with van der Waals surface area (Å²) in [6.45, 7) is 2.14. The van der Waals surface area contributed by atoms with Gasteiger partial charge in [0.15, 0.2) is 0 Å². The highest BCUT2D eigenvalue weighted by Crippen LogP contribution is 2.23. The van der Waals surface area contributed by atoms with Crippen molar-refractivity contribution < 1.29 is 0 Å². The van der Waals surface area contributed by atoms with Gasteiger partial charge < -0.3 is 5.32 Å². The third-order valence-electron chi connectivity index (χ3n) is 2.84. The minimum absolute atomic E-state index is 0.266. The molecule has 0 aliphatic heterocycles. The highest BCUT2D eigenvalue weighted by molar-refractivity contribution is 7.98. The molecule has 0 aliphatic rings. The number of halogens is 1. The van der Waals surface area contributed by atoms with Crippen LogP contribution in [0, 0.1) is 0 Å². The summed E-state index contributed by atoms with van der Waals surface area (Å²) in [6, 6.07) is 16.7. The summed E-state index contributed by atoms with van der Waals surface area (Å²) in [7, 11) is 0. The van der Waals surface area contributed by atoms with Gasteiger partial charge in [0.25, 0.3) is 0 Å². The second-order valence-electron chi connectivity index (χ2n) is 4.15. The van der Waals surface area contributed by atoms with Gasteiger partial charge in [-0.3, -0.25) is 0 Å². The molecule has 1 unspecified atom stereocenters. The number of benzene rings is 2. The molecule has 0 aromatic heterocycles. The van der Waals surface area contributed by atoms with Gasteiger partial charge in [-0.25, -0.2) is 0 Å². The predicted octanol–water partition coefficient (Wildman–Crippen LogP) is 5.24. The second kappa shape index (κ2) is 6.17. The van der Waals surface area contributed by atoms with Crippen molar-refractivity contribution in [1.29, 1.82) is 0 Å². The molecule has 2 aromatic carbocycles. The lowest BCUT2D eigenvalue weighted by Crippen LogP contribution is -2.06. The van der Waals surface area contributed by atoms with E-state index in [2.05, 4.69) is 54.9 Å². The number of hydrogen-bond acceptors (Lipinski definition) is 2. The van der Waals surface area contributed by atoms with Crippen molar-refractivity contribution in [3.8, 4) is 0 Å². The quantitative estimate of drug-likeness (QED) is 0.768. The van der Waals surface area contributed by atoms with E-state index < -0.39 is 0 Å². The van der Waals surface area contributed by atoms with Gasteiger partial charge >= 0.3 is 0 Å². The molecule has 18 heavy (non-hydrogen) atoms. The molecule has 0 spiro atoms. The summed E-state index contributed by atoms with van der Waals surface area (Å²) in [6.07, 6.45) is 2.08. The van der Waals surface area contributed by atoms with Crippen LogP contribution in [0.5, 0.6) is 0 Å². The number of hydrogen-bond donors (Lipinski definition) is 1. The minimum Gasteiger partial charge on any atom is -0.379 e. The number of thioether (sulfide) groups is 1. The maximum Gasteiger partial charge on any atom is 0.0485 e. The van der Waals surface area contributed by atoms with Crippen LogP contribution < -0.4 is 5.32 Å². The van der Waals surface area contributed by atoms with E-state index in [1.54, 1.807) is 11.8 Å². The van der Waals surface area contributed by atoms with Gasteiger partial charge in [0.05, 0.1) is 0 Å². The molecular weight excluding hydrogens is 262 g/mol. The fraction of sp³-hybridized carbons (Fsp3) is 0.200. The summed E-state index contributed by atoms with van der Waals surface area (Å²) in [4.78, 5) is 1.28. The Balaban J connectivity index is 2.05. The lowest BCUT2D eigenvalue weighted by Gasteiger charge is -2.16. The normalized spacial score (nSPS) is 12.2. The fourth-order valence-corrected chi connectivity index (χ4v) is 2.31. The van der Waals surface area contributed by atoms with Crippen LogP contribution in [0.25, 0.3) is 0 Å². The summed E-state index contributed by atoms with van der Waals surface area (Å²) < 4.78 is 0. The van der Waals surface area contributed by atoms with E-state index in [1.807, 2.05) is 12.1 Å². The summed E-state index contributed by atoms with van der Waals surface area (Å²) in [5.41, 5.74) is 2.36. The first-order valence-electron chi connectivity index (χ1n) is 5.85. The molecule has 1 N–H and O–H groups in total. The van der Waals surface area contributed by atoms with Gasteiger partial charge in [-0.2, -0.15) is 0 Å². The summed E-state index contributed by atoms with van der Waals surface area (Å²) in [5.74, 6) is 0. The van der Waals surface area contributed by atoms with Crippen LogP contribution in [0.1, 0.15) is 18.5 Å². The average molecular weight is 278 g/mol. The maximum atomic E-state index is 5.89. The molecule has 0 saturated heterocycles. The molecule has 2 rings (SSSR count). The first kappa shape index (κ1) is 13.3. The SMILES string of the molecule is CSc1ccc(NC(C)c2ccc(Cl)cc2)cc1. The Kier molecular flexibility index (Phi) is 4.56. The maximum absolute atomic E-state index is 5.89. The molecule has 0 saturated carbocycles. The van der Waals surface area contributed by atoms with Gasteiger partial charge in [0, 0.05) is 21.6 Å². The monoisotopic (exact) mass is 277 g/mol. The zero-order chi connectivity index (χ0) is 13.0. The summed E-state index contributed by atoms with van der Waals surface area (Å²) >= 11 is 7.64. The Morgan fingerprint density at radius 2 is 1.61 bits per heavy atom. The molecule has 0 bridgehead atoms. The van der Waals surface area contributed by atoms with E-state index in [-0.39, 0.29) is 6.04 Å². The van der Waals surface area contributed by atoms with E-state index >= 15 is 0 Å². The lowest BCUT2D eigenvalue weighted by atomic mass is 10.1. The molecule has 3 heteroatoms. The second-order valence-corrected chi connectivity index (χ2v) is 5.46. The molecule has 0 heterocycles. The molecule has 0 amide bonds. The van der Waals surface area contributed by atoms with Crippen molar-refractivity contribution in [2.75, 3.05) is 11.6 Å². The minimum atomic E-state index is 0.266. The molecule has 94 valence electrons. The molecule has 0 radical (unpaired) electrons. The van der Waals surface area contributed by atoms with Crippen molar-refractivity contribution in [2.45, 2.75) is 17.9 Å². The largest absolute Gasteiger partial charge is 0.379 e. The molecule has 0 fully saturated rings. The van der Waals surface area contributed by atoms with Gasteiger partial charge in [-0.1, -0.05) is 23.7 Å². The fourth-order valence-electron chi connectivity index (χ4n) is 1.77. The standard InChI is InChI=1S/C15H16ClNS/c1-11(12-3-5-13(16)6-4-12)17-14-7-9-15(18-2)10-8-14/h3-11,17H,1-2H3. The van der Waals surface area contributed by atoms with Gasteiger partial charge in [-0.15, -0.1) is 11.8 Å². The van der Waals surface area contributed by atoms with Gasteiger partial charge in [0.1, 0.15) is 0 Å². The zero-order valence-corrected chi connectivity index (χ0v) is 12.1. The van der Waals surface area contributed by atoms with Crippen LogP contribution in [-0.2, 0) is 0 Å². The Hall–Kier alpha value is -1.12. The Bertz CT molecular complexity index is 493.